The van der Waals surface area contributed by atoms with Gasteiger partial charge in [0.2, 0.25) is 0 Å². The van der Waals surface area contributed by atoms with Gasteiger partial charge in [0, 0.05) is 5.69 Å². The predicted octanol–water partition coefficient (Wildman–Crippen LogP) is 3.01. The van der Waals surface area contributed by atoms with Crippen molar-refractivity contribution in [3.8, 4) is 5.75 Å². The molecule has 0 saturated carbocycles. The summed E-state index contributed by atoms with van der Waals surface area (Å²) in [6, 6.07) is 5.04. The number of esters is 1. The molecule has 2 N–H and O–H groups in total. The minimum atomic E-state index is -0.397. The average molecular weight is 251 g/mol. The van der Waals surface area contributed by atoms with Gasteiger partial charge in [0.05, 0.1) is 12.7 Å². The highest BCUT2D eigenvalue weighted by Crippen LogP contribution is 2.24. The molecule has 0 aliphatic rings. The van der Waals surface area contributed by atoms with Gasteiger partial charge in [-0.1, -0.05) is 13.8 Å². The molecule has 0 radical (unpaired) electrons. The fraction of sp³-hybridized carbons (Fsp3) is 0.500. The Labute approximate surface area is 108 Å². The highest BCUT2D eigenvalue weighted by Gasteiger charge is 2.16. The maximum atomic E-state index is 11.8. The molecule has 4 heteroatoms. The monoisotopic (exact) mass is 251 g/mol. The van der Waals surface area contributed by atoms with Crippen LogP contribution in [0.3, 0.4) is 0 Å². The van der Waals surface area contributed by atoms with Crippen LogP contribution in [0.2, 0.25) is 0 Å². The zero-order valence-corrected chi connectivity index (χ0v) is 11.2. The summed E-state index contributed by atoms with van der Waals surface area (Å²) in [7, 11) is 0. The van der Waals surface area contributed by atoms with Crippen molar-refractivity contribution in [2.24, 2.45) is 0 Å². The van der Waals surface area contributed by atoms with Crippen LogP contribution in [0.1, 0.15) is 44.0 Å². The van der Waals surface area contributed by atoms with Gasteiger partial charge in [0.25, 0.3) is 0 Å². The number of carbonyl (C=O) groups is 1. The first-order valence-electron chi connectivity index (χ1n) is 6.35. The SMILES string of the molecule is CCOC(=O)c1cc(N)ccc1OC(CC)CC. The molecule has 0 bridgehead atoms. The molecule has 1 rings (SSSR count). The number of hydrogen-bond acceptors (Lipinski definition) is 4. The molecule has 100 valence electrons. The first-order chi connectivity index (χ1) is 8.62. The minimum Gasteiger partial charge on any atom is -0.490 e. The molecule has 0 aliphatic heterocycles. The Morgan fingerprint density at radius 1 is 1.28 bits per heavy atom. The van der Waals surface area contributed by atoms with Crippen LogP contribution in [-0.2, 0) is 4.74 Å². The molecule has 0 amide bonds. The van der Waals surface area contributed by atoms with E-state index in [1.54, 1.807) is 25.1 Å². The summed E-state index contributed by atoms with van der Waals surface area (Å²) >= 11 is 0. The van der Waals surface area contributed by atoms with Gasteiger partial charge in [-0.3, -0.25) is 0 Å². The third-order valence-electron chi connectivity index (χ3n) is 2.70. The van der Waals surface area contributed by atoms with E-state index in [2.05, 4.69) is 13.8 Å². The van der Waals surface area contributed by atoms with Crippen molar-refractivity contribution in [1.82, 2.24) is 0 Å². The molecule has 1 aromatic rings. The normalized spacial score (nSPS) is 10.4. The van der Waals surface area contributed by atoms with Gasteiger partial charge in [-0.25, -0.2) is 4.79 Å². The molecule has 1 aromatic carbocycles. The van der Waals surface area contributed by atoms with E-state index < -0.39 is 5.97 Å². The Morgan fingerprint density at radius 2 is 1.94 bits per heavy atom. The number of carbonyl (C=O) groups excluding carboxylic acids is 1. The van der Waals surface area contributed by atoms with Gasteiger partial charge in [-0.05, 0) is 38.0 Å². The molecule has 0 spiro atoms. The number of hydrogen-bond donors (Lipinski definition) is 1. The fourth-order valence-corrected chi connectivity index (χ4v) is 1.65. The molecular formula is C14H21NO3. The van der Waals surface area contributed by atoms with Crippen molar-refractivity contribution in [1.29, 1.82) is 0 Å². The first kappa shape index (κ1) is 14.4. The Hall–Kier alpha value is -1.71. The number of anilines is 1. The molecule has 0 atom stereocenters. The first-order valence-corrected chi connectivity index (χ1v) is 6.35. The van der Waals surface area contributed by atoms with Gasteiger partial charge >= 0.3 is 5.97 Å². The summed E-state index contributed by atoms with van der Waals surface area (Å²) in [5, 5.41) is 0. The summed E-state index contributed by atoms with van der Waals surface area (Å²) in [5.41, 5.74) is 6.61. The zero-order valence-electron chi connectivity index (χ0n) is 11.2. The van der Waals surface area contributed by atoms with E-state index >= 15 is 0 Å². The topological polar surface area (TPSA) is 61.5 Å². The summed E-state index contributed by atoms with van der Waals surface area (Å²) in [5.74, 6) is 0.141. The third kappa shape index (κ3) is 3.65. The van der Waals surface area contributed by atoms with Crippen LogP contribution in [0, 0.1) is 0 Å². The lowest BCUT2D eigenvalue weighted by molar-refractivity contribution is 0.0518. The van der Waals surface area contributed by atoms with Crippen LogP contribution in [0.25, 0.3) is 0 Å². The van der Waals surface area contributed by atoms with Crippen LogP contribution in [-0.4, -0.2) is 18.7 Å². The fourth-order valence-electron chi connectivity index (χ4n) is 1.65. The van der Waals surface area contributed by atoms with Gasteiger partial charge in [-0.2, -0.15) is 0 Å². The highest BCUT2D eigenvalue weighted by molar-refractivity contribution is 5.93. The smallest absolute Gasteiger partial charge is 0.341 e. The van der Waals surface area contributed by atoms with Crippen molar-refractivity contribution < 1.29 is 14.3 Å². The van der Waals surface area contributed by atoms with Crippen LogP contribution in [0.4, 0.5) is 5.69 Å². The van der Waals surface area contributed by atoms with Crippen LogP contribution < -0.4 is 10.5 Å². The third-order valence-corrected chi connectivity index (χ3v) is 2.70. The van der Waals surface area contributed by atoms with E-state index in [-0.39, 0.29) is 6.10 Å². The lowest BCUT2D eigenvalue weighted by Crippen LogP contribution is -2.16. The van der Waals surface area contributed by atoms with Gasteiger partial charge < -0.3 is 15.2 Å². The van der Waals surface area contributed by atoms with Gasteiger partial charge in [0.1, 0.15) is 11.3 Å². The number of rotatable bonds is 6. The molecule has 18 heavy (non-hydrogen) atoms. The van der Waals surface area contributed by atoms with Crippen molar-refractivity contribution in [3.63, 3.8) is 0 Å². The quantitative estimate of drug-likeness (QED) is 0.623. The Balaban J connectivity index is 2.99. The van der Waals surface area contributed by atoms with Crippen molar-refractivity contribution in [3.05, 3.63) is 23.8 Å². The van der Waals surface area contributed by atoms with E-state index in [9.17, 15) is 4.79 Å². The van der Waals surface area contributed by atoms with E-state index in [0.29, 0.717) is 23.6 Å². The lowest BCUT2D eigenvalue weighted by atomic mass is 10.1. The Morgan fingerprint density at radius 3 is 2.50 bits per heavy atom. The van der Waals surface area contributed by atoms with E-state index in [1.165, 1.54) is 0 Å². The van der Waals surface area contributed by atoms with Gasteiger partial charge in [-0.15, -0.1) is 0 Å². The molecule has 0 saturated heterocycles. The standard InChI is InChI=1S/C14H21NO3/c1-4-11(5-2)18-13-8-7-10(15)9-12(13)14(16)17-6-3/h7-9,11H,4-6,15H2,1-3H3. The molecule has 0 aromatic heterocycles. The maximum absolute atomic E-state index is 11.8. The molecule has 0 heterocycles. The number of nitrogen functional groups attached to an aromatic ring is 1. The number of nitrogens with two attached hydrogens (primary N) is 1. The Kier molecular flexibility index (Phi) is 5.49. The second kappa shape index (κ2) is 6.89. The predicted molar refractivity (Wildman–Crippen MR) is 71.8 cm³/mol. The second-order valence-electron chi connectivity index (χ2n) is 4.03. The van der Waals surface area contributed by atoms with Crippen LogP contribution in [0.15, 0.2) is 18.2 Å². The van der Waals surface area contributed by atoms with Crippen molar-refractivity contribution in [2.45, 2.75) is 39.7 Å². The van der Waals surface area contributed by atoms with Gasteiger partial charge in [0.15, 0.2) is 0 Å². The summed E-state index contributed by atoms with van der Waals surface area (Å²) < 4.78 is 10.8. The largest absolute Gasteiger partial charge is 0.490 e. The molecule has 4 nitrogen and oxygen atoms in total. The summed E-state index contributed by atoms with van der Waals surface area (Å²) in [4.78, 5) is 11.8. The van der Waals surface area contributed by atoms with E-state index in [0.717, 1.165) is 12.8 Å². The zero-order chi connectivity index (χ0) is 13.5. The van der Waals surface area contributed by atoms with E-state index in [4.69, 9.17) is 15.2 Å². The molecular weight excluding hydrogens is 230 g/mol. The number of benzene rings is 1. The number of ether oxygens (including phenoxy) is 2. The Bertz CT molecular complexity index is 400. The van der Waals surface area contributed by atoms with Crippen molar-refractivity contribution in [2.75, 3.05) is 12.3 Å². The molecule has 0 fully saturated rings. The second-order valence-corrected chi connectivity index (χ2v) is 4.03. The van der Waals surface area contributed by atoms with Crippen LogP contribution >= 0.6 is 0 Å². The van der Waals surface area contributed by atoms with Crippen LogP contribution in [0.5, 0.6) is 5.75 Å². The average Bonchev–Trinajstić information content (AvgIpc) is 2.37. The van der Waals surface area contributed by atoms with E-state index in [1.807, 2.05) is 0 Å². The maximum Gasteiger partial charge on any atom is 0.341 e. The summed E-state index contributed by atoms with van der Waals surface area (Å²) in [6.45, 7) is 6.20. The lowest BCUT2D eigenvalue weighted by Gasteiger charge is -2.18. The van der Waals surface area contributed by atoms with Crippen molar-refractivity contribution >= 4 is 11.7 Å². The summed E-state index contributed by atoms with van der Waals surface area (Å²) in [6.07, 6.45) is 1.88. The minimum absolute atomic E-state index is 0.0989. The molecule has 0 unspecified atom stereocenters. The molecule has 0 aliphatic carbocycles. The highest BCUT2D eigenvalue weighted by atomic mass is 16.5.